The molecule has 8 heteroatoms. The van der Waals surface area contributed by atoms with Gasteiger partial charge in [-0.2, -0.15) is 0 Å². The lowest BCUT2D eigenvalue weighted by Crippen LogP contribution is -2.60. The summed E-state index contributed by atoms with van der Waals surface area (Å²) in [4.78, 5) is 23.4. The standard InChI is InChI=1S/C12H17N3O5/c1-2-15(6-10(17)18)12(14,11(19)20)8-5-7(13)3-4-9(8)16/h3-5,16H,2,6,13-14H2,1H3,(H,17,18)(H,19,20). The third-order valence-corrected chi connectivity index (χ3v) is 2.96. The van der Waals surface area contributed by atoms with E-state index in [0.29, 0.717) is 0 Å². The van der Waals surface area contributed by atoms with Crippen LogP contribution in [0.4, 0.5) is 5.69 Å². The molecule has 110 valence electrons. The van der Waals surface area contributed by atoms with Crippen LogP contribution in [0.15, 0.2) is 18.2 Å². The van der Waals surface area contributed by atoms with E-state index in [1.54, 1.807) is 6.92 Å². The molecule has 0 bridgehead atoms. The van der Waals surface area contributed by atoms with Gasteiger partial charge < -0.3 is 21.1 Å². The zero-order valence-electron chi connectivity index (χ0n) is 10.9. The maximum Gasteiger partial charge on any atom is 0.343 e. The summed E-state index contributed by atoms with van der Waals surface area (Å²) in [7, 11) is 0. The number of nitrogens with zero attached hydrogens (tertiary/aromatic N) is 1. The van der Waals surface area contributed by atoms with Gasteiger partial charge in [-0.05, 0) is 24.7 Å². The summed E-state index contributed by atoms with van der Waals surface area (Å²) in [5, 5.41) is 28.1. The molecule has 0 amide bonds. The van der Waals surface area contributed by atoms with Crippen LogP contribution in [0.2, 0.25) is 0 Å². The van der Waals surface area contributed by atoms with Gasteiger partial charge in [-0.1, -0.05) is 6.92 Å². The summed E-state index contributed by atoms with van der Waals surface area (Å²) in [5.74, 6) is -3.08. The van der Waals surface area contributed by atoms with Crippen LogP contribution in [0.1, 0.15) is 12.5 Å². The third kappa shape index (κ3) is 2.81. The number of carboxylic acids is 2. The van der Waals surface area contributed by atoms with E-state index >= 15 is 0 Å². The Morgan fingerprint density at radius 3 is 2.40 bits per heavy atom. The van der Waals surface area contributed by atoms with Crippen molar-refractivity contribution in [3.8, 4) is 5.75 Å². The monoisotopic (exact) mass is 283 g/mol. The van der Waals surface area contributed by atoms with E-state index in [0.717, 1.165) is 4.90 Å². The fourth-order valence-corrected chi connectivity index (χ4v) is 1.93. The second-order valence-corrected chi connectivity index (χ2v) is 4.26. The predicted octanol–water partition coefficient (Wildman–Crippen LogP) is -0.423. The molecule has 1 aromatic rings. The molecule has 8 nitrogen and oxygen atoms in total. The van der Waals surface area contributed by atoms with Crippen molar-refractivity contribution in [2.45, 2.75) is 12.6 Å². The van der Waals surface area contributed by atoms with Gasteiger partial charge in [0, 0.05) is 11.3 Å². The number of anilines is 1. The number of phenols is 1. The van der Waals surface area contributed by atoms with Gasteiger partial charge in [0.2, 0.25) is 0 Å². The number of nitrogen functional groups attached to an aromatic ring is 1. The van der Waals surface area contributed by atoms with Crippen molar-refractivity contribution in [1.82, 2.24) is 4.90 Å². The maximum absolute atomic E-state index is 11.6. The fraction of sp³-hybridized carbons (Fsp3) is 0.333. The third-order valence-electron chi connectivity index (χ3n) is 2.96. The van der Waals surface area contributed by atoms with E-state index in [1.165, 1.54) is 18.2 Å². The lowest BCUT2D eigenvalue weighted by Gasteiger charge is -2.36. The van der Waals surface area contributed by atoms with E-state index in [-0.39, 0.29) is 23.5 Å². The number of carbonyl (C=O) groups is 2. The molecule has 20 heavy (non-hydrogen) atoms. The number of hydrogen-bond donors (Lipinski definition) is 5. The van der Waals surface area contributed by atoms with Crippen molar-refractivity contribution in [2.75, 3.05) is 18.8 Å². The summed E-state index contributed by atoms with van der Waals surface area (Å²) < 4.78 is 0. The van der Waals surface area contributed by atoms with E-state index in [4.69, 9.17) is 16.6 Å². The molecule has 0 aliphatic carbocycles. The maximum atomic E-state index is 11.6. The van der Waals surface area contributed by atoms with Crippen molar-refractivity contribution in [3.63, 3.8) is 0 Å². The summed E-state index contributed by atoms with van der Waals surface area (Å²) >= 11 is 0. The number of phenolic OH excluding ortho intramolecular Hbond substituents is 1. The van der Waals surface area contributed by atoms with Crippen LogP contribution in [0.5, 0.6) is 5.75 Å². The Morgan fingerprint density at radius 2 is 1.95 bits per heavy atom. The van der Waals surface area contributed by atoms with Crippen LogP contribution >= 0.6 is 0 Å². The molecule has 0 aliphatic heterocycles. The zero-order valence-corrected chi connectivity index (χ0v) is 10.9. The van der Waals surface area contributed by atoms with Crippen molar-refractivity contribution in [1.29, 1.82) is 0 Å². The first-order valence-corrected chi connectivity index (χ1v) is 5.81. The Morgan fingerprint density at radius 1 is 1.35 bits per heavy atom. The zero-order chi connectivity index (χ0) is 15.5. The van der Waals surface area contributed by atoms with Crippen molar-refractivity contribution < 1.29 is 24.9 Å². The Bertz CT molecular complexity index is 534. The van der Waals surface area contributed by atoms with Crippen molar-refractivity contribution in [2.24, 2.45) is 5.73 Å². The Balaban J connectivity index is 3.43. The minimum atomic E-state index is -2.19. The lowest BCUT2D eigenvalue weighted by molar-refractivity contribution is -0.155. The molecule has 0 heterocycles. The molecule has 0 aliphatic rings. The second-order valence-electron chi connectivity index (χ2n) is 4.26. The fourth-order valence-electron chi connectivity index (χ4n) is 1.93. The Kier molecular flexibility index (Phi) is 4.53. The molecule has 0 saturated heterocycles. The van der Waals surface area contributed by atoms with E-state index in [2.05, 4.69) is 0 Å². The van der Waals surface area contributed by atoms with Gasteiger partial charge in [-0.25, -0.2) is 4.79 Å². The first-order valence-electron chi connectivity index (χ1n) is 5.81. The number of carboxylic acid groups (broad SMARTS) is 2. The highest BCUT2D eigenvalue weighted by Gasteiger charge is 2.44. The molecule has 0 saturated carbocycles. The lowest BCUT2D eigenvalue weighted by atomic mass is 9.96. The molecule has 1 unspecified atom stereocenters. The summed E-state index contributed by atoms with van der Waals surface area (Å²) in [6.45, 7) is 1.04. The van der Waals surface area contributed by atoms with Gasteiger partial charge >= 0.3 is 11.9 Å². The smallest absolute Gasteiger partial charge is 0.343 e. The molecule has 1 atom stereocenters. The molecule has 1 rings (SSSR count). The normalized spacial score (nSPS) is 13.9. The highest BCUT2D eigenvalue weighted by molar-refractivity contribution is 5.82. The van der Waals surface area contributed by atoms with Crippen LogP contribution < -0.4 is 11.5 Å². The van der Waals surface area contributed by atoms with Gasteiger partial charge in [0.05, 0.1) is 6.54 Å². The highest BCUT2D eigenvalue weighted by atomic mass is 16.4. The van der Waals surface area contributed by atoms with Gasteiger partial charge in [-0.15, -0.1) is 0 Å². The molecule has 1 aromatic carbocycles. The topological polar surface area (TPSA) is 150 Å². The van der Waals surface area contributed by atoms with Crippen LogP contribution in [0.3, 0.4) is 0 Å². The van der Waals surface area contributed by atoms with E-state index < -0.39 is 24.1 Å². The molecule has 0 aromatic heterocycles. The summed E-state index contributed by atoms with van der Waals surface area (Å²) in [6.07, 6.45) is 0. The number of benzene rings is 1. The summed E-state index contributed by atoms with van der Waals surface area (Å²) in [6, 6.07) is 3.81. The van der Waals surface area contributed by atoms with Crippen LogP contribution in [0, 0.1) is 0 Å². The minimum absolute atomic E-state index is 0.0589. The van der Waals surface area contributed by atoms with Crippen LogP contribution in [0.25, 0.3) is 0 Å². The quantitative estimate of drug-likeness (QED) is 0.268. The molecular formula is C12H17N3O5. The minimum Gasteiger partial charge on any atom is -0.508 e. The Hall–Kier alpha value is -2.32. The first-order chi connectivity index (χ1) is 9.23. The highest BCUT2D eigenvalue weighted by Crippen LogP contribution is 2.32. The number of likely N-dealkylation sites (N-methyl/N-ethyl adjacent to an activating group) is 1. The number of nitrogens with two attached hydrogens (primary N) is 2. The SMILES string of the molecule is CCN(CC(=O)O)C(N)(C(=O)O)c1cc(N)ccc1O. The number of hydrogen-bond acceptors (Lipinski definition) is 6. The molecule has 0 fully saturated rings. The second kappa shape index (κ2) is 5.76. The number of aliphatic carboxylic acids is 2. The number of aromatic hydroxyl groups is 1. The van der Waals surface area contributed by atoms with Gasteiger partial charge in [0.25, 0.3) is 0 Å². The first kappa shape index (κ1) is 15.7. The largest absolute Gasteiger partial charge is 0.508 e. The average Bonchev–Trinajstić information content (AvgIpc) is 2.37. The Labute approximate surface area is 115 Å². The average molecular weight is 283 g/mol. The van der Waals surface area contributed by atoms with Gasteiger partial charge in [0.1, 0.15) is 5.75 Å². The molecule has 7 N–H and O–H groups in total. The molecule has 0 spiro atoms. The van der Waals surface area contributed by atoms with Crippen LogP contribution in [-0.2, 0) is 15.3 Å². The van der Waals surface area contributed by atoms with E-state index in [1.807, 2.05) is 0 Å². The summed E-state index contributed by atoms with van der Waals surface area (Å²) in [5.41, 5.74) is 9.32. The van der Waals surface area contributed by atoms with Gasteiger partial charge in [-0.3, -0.25) is 15.4 Å². The van der Waals surface area contributed by atoms with E-state index in [9.17, 15) is 19.8 Å². The molecular weight excluding hydrogens is 266 g/mol. The van der Waals surface area contributed by atoms with Crippen molar-refractivity contribution in [3.05, 3.63) is 23.8 Å². The molecule has 0 radical (unpaired) electrons. The predicted molar refractivity (Wildman–Crippen MR) is 70.9 cm³/mol. The van der Waals surface area contributed by atoms with Gasteiger partial charge in [0.15, 0.2) is 5.66 Å². The number of rotatable bonds is 6. The van der Waals surface area contributed by atoms with Crippen LogP contribution in [-0.4, -0.2) is 45.2 Å². The van der Waals surface area contributed by atoms with Crippen molar-refractivity contribution >= 4 is 17.6 Å².